The fraction of sp³-hybridized carbons (Fsp3) is 0.306. The zero-order valence-corrected chi connectivity index (χ0v) is 26.7. The number of fused-ring (bicyclic) bond motifs is 1. The number of amides is 2. The lowest BCUT2D eigenvalue weighted by atomic mass is 9.88. The summed E-state index contributed by atoms with van der Waals surface area (Å²) in [7, 11) is 0. The summed E-state index contributed by atoms with van der Waals surface area (Å²) in [4.78, 5) is 39.8. The fourth-order valence-corrected chi connectivity index (χ4v) is 5.35. The number of H-pyrrole nitrogens is 1. The zero-order chi connectivity index (χ0) is 32.6. The molecule has 2 amide bonds. The number of hydrogen-bond donors (Lipinski definition) is 2. The predicted molar refractivity (Wildman–Crippen MR) is 182 cm³/mol. The first-order valence-electron chi connectivity index (χ1n) is 15.5. The Morgan fingerprint density at radius 1 is 1.07 bits per heavy atom. The molecular formula is C36H39N7O3. The molecule has 0 fully saturated rings. The van der Waals surface area contributed by atoms with E-state index >= 15 is 0 Å². The molecule has 0 atom stereocenters. The Balaban J connectivity index is 1.48. The Bertz CT molecular complexity index is 1880. The maximum absolute atomic E-state index is 14.1. The number of ether oxygens (including phenoxy) is 1. The van der Waals surface area contributed by atoms with Crippen LogP contribution in [0.5, 0.6) is 5.75 Å². The highest BCUT2D eigenvalue weighted by Gasteiger charge is 2.24. The Labute approximate surface area is 268 Å². The molecule has 0 aliphatic rings. The van der Waals surface area contributed by atoms with E-state index in [-0.39, 0.29) is 24.1 Å². The largest absolute Gasteiger partial charge is 0.492 e. The average Bonchev–Trinajstić information content (AvgIpc) is 3.56. The number of unbranched alkanes of at least 4 members (excludes halogenated alkanes) is 1. The van der Waals surface area contributed by atoms with Crippen LogP contribution < -0.4 is 20.5 Å². The topological polar surface area (TPSA) is 118 Å². The van der Waals surface area contributed by atoms with Gasteiger partial charge in [-0.05, 0) is 83.0 Å². The highest BCUT2D eigenvalue weighted by Crippen LogP contribution is 2.38. The number of nitrogens with zero attached hydrogens (tertiary/aromatic N) is 5. The van der Waals surface area contributed by atoms with Crippen LogP contribution >= 0.6 is 0 Å². The van der Waals surface area contributed by atoms with Crippen LogP contribution in [0.2, 0.25) is 0 Å². The maximum Gasteiger partial charge on any atom is 0.326 e. The minimum atomic E-state index is -0.398. The molecule has 0 aliphatic heterocycles. The smallest absolute Gasteiger partial charge is 0.326 e. The van der Waals surface area contributed by atoms with Gasteiger partial charge < -0.3 is 15.0 Å². The molecule has 10 nitrogen and oxygen atoms in total. The molecule has 5 rings (SSSR count). The second kappa shape index (κ2) is 14.6. The van der Waals surface area contributed by atoms with Crippen molar-refractivity contribution in [1.29, 1.82) is 0 Å². The number of benzene rings is 2. The van der Waals surface area contributed by atoms with Crippen molar-refractivity contribution in [1.82, 2.24) is 24.7 Å². The van der Waals surface area contributed by atoms with Gasteiger partial charge in [-0.1, -0.05) is 39.8 Å². The number of aromatic nitrogens is 5. The first kappa shape index (κ1) is 32.0. The molecule has 0 radical (unpaired) electrons. The molecule has 0 saturated carbocycles. The van der Waals surface area contributed by atoms with Crippen LogP contribution in [-0.4, -0.2) is 43.9 Å². The number of urea groups is 1. The second-order valence-electron chi connectivity index (χ2n) is 11.7. The van der Waals surface area contributed by atoms with E-state index in [1.807, 2.05) is 24.3 Å². The molecule has 0 bridgehead atoms. The molecule has 3 heterocycles. The monoisotopic (exact) mass is 617 g/mol. The number of nitrogens with one attached hydrogen (secondary N) is 2. The van der Waals surface area contributed by atoms with Gasteiger partial charge in [0.1, 0.15) is 36.3 Å². The number of rotatable bonds is 12. The number of hydrogen-bond acceptors (Lipinski definition) is 6. The van der Waals surface area contributed by atoms with Crippen molar-refractivity contribution in [3.05, 3.63) is 94.9 Å². The Morgan fingerprint density at radius 2 is 1.85 bits per heavy atom. The SMILES string of the molecule is C#CCCCN(C(=O)Nc1c(C(C)C)cc(-c2cccc(OCCn3cncn3)c2)cc1C(C)C)c1cc2cccnc2[nH]c1=O. The highest BCUT2D eigenvalue weighted by atomic mass is 16.5. The van der Waals surface area contributed by atoms with Gasteiger partial charge in [-0.15, -0.1) is 12.3 Å². The molecule has 46 heavy (non-hydrogen) atoms. The summed E-state index contributed by atoms with van der Waals surface area (Å²) in [5.74, 6) is 3.58. The number of anilines is 2. The second-order valence-corrected chi connectivity index (χ2v) is 11.7. The lowest BCUT2D eigenvalue weighted by Gasteiger charge is -2.27. The van der Waals surface area contributed by atoms with Gasteiger partial charge in [0.25, 0.3) is 5.56 Å². The number of carbonyl (C=O) groups is 1. The predicted octanol–water partition coefficient (Wildman–Crippen LogP) is 6.96. The van der Waals surface area contributed by atoms with Gasteiger partial charge in [0.15, 0.2) is 0 Å². The molecule has 3 aromatic heterocycles. The molecule has 0 aliphatic carbocycles. The first-order chi connectivity index (χ1) is 22.2. The first-order valence-corrected chi connectivity index (χ1v) is 15.5. The lowest BCUT2D eigenvalue weighted by Crippen LogP contribution is -2.39. The highest BCUT2D eigenvalue weighted by molar-refractivity contribution is 6.03. The van der Waals surface area contributed by atoms with E-state index < -0.39 is 11.6 Å². The van der Waals surface area contributed by atoms with Gasteiger partial charge in [0.05, 0.1) is 6.54 Å². The molecule has 0 unspecified atom stereocenters. The Kier molecular flexibility index (Phi) is 10.1. The molecule has 0 saturated heterocycles. The molecule has 10 heteroatoms. The van der Waals surface area contributed by atoms with E-state index in [0.29, 0.717) is 31.6 Å². The molecule has 5 aromatic rings. The van der Waals surface area contributed by atoms with Gasteiger partial charge in [-0.25, -0.2) is 19.4 Å². The molecule has 236 valence electrons. The van der Waals surface area contributed by atoms with Crippen molar-refractivity contribution in [3.8, 4) is 29.2 Å². The normalized spacial score (nSPS) is 11.2. The molecule has 2 aromatic carbocycles. The van der Waals surface area contributed by atoms with Crippen molar-refractivity contribution < 1.29 is 9.53 Å². The van der Waals surface area contributed by atoms with E-state index in [1.165, 1.54) is 11.2 Å². The third-order valence-corrected chi connectivity index (χ3v) is 7.73. The van der Waals surface area contributed by atoms with Crippen LogP contribution in [0.1, 0.15) is 63.5 Å². The van der Waals surface area contributed by atoms with E-state index in [9.17, 15) is 9.59 Å². The van der Waals surface area contributed by atoms with Gasteiger partial charge in [0.2, 0.25) is 0 Å². The van der Waals surface area contributed by atoms with E-state index in [4.69, 9.17) is 11.2 Å². The van der Waals surface area contributed by atoms with E-state index in [0.717, 1.165) is 39.1 Å². The quantitative estimate of drug-likeness (QED) is 0.115. The van der Waals surface area contributed by atoms with Crippen molar-refractivity contribution in [2.45, 2.75) is 58.9 Å². The summed E-state index contributed by atoms with van der Waals surface area (Å²) >= 11 is 0. The van der Waals surface area contributed by atoms with Crippen molar-refractivity contribution in [2.75, 3.05) is 23.4 Å². The summed E-state index contributed by atoms with van der Waals surface area (Å²) in [6.07, 6.45) is 11.3. The van der Waals surface area contributed by atoms with Gasteiger partial charge in [-0.3, -0.25) is 9.69 Å². The van der Waals surface area contributed by atoms with Crippen LogP contribution in [0.25, 0.3) is 22.2 Å². The average molecular weight is 618 g/mol. The van der Waals surface area contributed by atoms with Crippen LogP contribution in [0, 0.1) is 12.3 Å². The van der Waals surface area contributed by atoms with Crippen molar-refractivity contribution in [3.63, 3.8) is 0 Å². The van der Waals surface area contributed by atoms with E-state index in [1.54, 1.807) is 29.3 Å². The van der Waals surface area contributed by atoms with Crippen LogP contribution in [0.3, 0.4) is 0 Å². The summed E-state index contributed by atoms with van der Waals surface area (Å²) in [6.45, 7) is 9.75. The summed E-state index contributed by atoms with van der Waals surface area (Å²) < 4.78 is 7.75. The fourth-order valence-electron chi connectivity index (χ4n) is 5.35. The zero-order valence-electron chi connectivity index (χ0n) is 26.7. The van der Waals surface area contributed by atoms with Crippen LogP contribution in [-0.2, 0) is 6.54 Å². The van der Waals surface area contributed by atoms with Gasteiger partial charge in [-0.2, -0.15) is 5.10 Å². The van der Waals surface area contributed by atoms with Gasteiger partial charge in [0, 0.05) is 30.2 Å². The minimum absolute atomic E-state index is 0.0971. The molecular weight excluding hydrogens is 578 g/mol. The number of pyridine rings is 2. The third-order valence-electron chi connectivity index (χ3n) is 7.73. The Hall–Kier alpha value is -5.43. The third kappa shape index (κ3) is 7.44. The summed E-state index contributed by atoms with van der Waals surface area (Å²) in [5, 5.41) is 8.05. The van der Waals surface area contributed by atoms with Crippen molar-refractivity contribution >= 4 is 28.4 Å². The lowest BCUT2D eigenvalue weighted by molar-refractivity contribution is 0.256. The number of aromatic amines is 1. The standard InChI is InChI=1S/C36H39N7O3/c1-6-7-8-15-43(32-21-27-12-10-14-38-34(27)41-35(32)44)36(45)40-33-30(24(2)3)19-28(20-31(33)25(4)5)26-11-9-13-29(18-26)46-17-16-42-23-37-22-39-42/h1,9-14,18-25H,7-8,15-17H2,2-5H3,(H,40,45)(H,38,41,44). The summed E-state index contributed by atoms with van der Waals surface area (Å²) in [5.41, 5.74) is 5.08. The number of carbonyl (C=O) groups excluding carboxylic acids is 1. The summed E-state index contributed by atoms with van der Waals surface area (Å²) in [6, 6.07) is 17.2. The van der Waals surface area contributed by atoms with Crippen LogP contribution in [0.4, 0.5) is 16.2 Å². The number of terminal acetylenes is 1. The molecule has 0 spiro atoms. The maximum atomic E-state index is 14.1. The Morgan fingerprint density at radius 3 is 2.54 bits per heavy atom. The minimum Gasteiger partial charge on any atom is -0.492 e. The van der Waals surface area contributed by atoms with E-state index in [2.05, 4.69) is 77.2 Å². The van der Waals surface area contributed by atoms with Gasteiger partial charge >= 0.3 is 6.03 Å². The van der Waals surface area contributed by atoms with Crippen molar-refractivity contribution in [2.24, 2.45) is 0 Å². The van der Waals surface area contributed by atoms with Crippen LogP contribution in [0.15, 0.2) is 78.2 Å². The molecule has 2 N–H and O–H groups in total.